The highest BCUT2D eigenvalue weighted by Crippen LogP contribution is 2.15. The van der Waals surface area contributed by atoms with E-state index in [1.165, 1.54) is 0 Å². The molecule has 74 valence electrons. The van der Waals surface area contributed by atoms with Crippen molar-refractivity contribution in [2.75, 3.05) is 0 Å². The van der Waals surface area contributed by atoms with Crippen molar-refractivity contribution >= 4 is 0 Å². The maximum Gasteiger partial charge on any atom is 0.0995 e. The molecule has 2 heteroatoms. The third-order valence-corrected chi connectivity index (χ3v) is 2.25. The molecule has 1 rings (SSSR count). The lowest BCUT2D eigenvalue weighted by Crippen LogP contribution is -2.00. The van der Waals surface area contributed by atoms with Crippen molar-refractivity contribution in [2.45, 2.75) is 39.5 Å². The van der Waals surface area contributed by atoms with Crippen LogP contribution in [0.4, 0.5) is 0 Å². The van der Waals surface area contributed by atoms with Crippen LogP contribution in [0.2, 0.25) is 0 Å². The van der Waals surface area contributed by atoms with Crippen LogP contribution in [0.25, 0.3) is 0 Å². The molecular weight excluding hydrogens is 172 g/mol. The number of nitrogens with zero attached hydrogens (tertiary/aromatic N) is 2. The van der Waals surface area contributed by atoms with Gasteiger partial charge in [-0.05, 0) is 24.5 Å². The molecular formula is C12H16N2. The summed E-state index contributed by atoms with van der Waals surface area (Å²) in [7, 11) is 0. The molecule has 0 radical (unpaired) electrons. The zero-order chi connectivity index (χ0) is 10.4. The fraction of sp³-hybridized carbons (Fsp3) is 0.500. The molecule has 0 atom stereocenters. The Morgan fingerprint density at radius 3 is 2.57 bits per heavy atom. The van der Waals surface area contributed by atoms with Gasteiger partial charge in [0.2, 0.25) is 0 Å². The van der Waals surface area contributed by atoms with E-state index in [4.69, 9.17) is 5.26 Å². The van der Waals surface area contributed by atoms with Gasteiger partial charge >= 0.3 is 0 Å². The summed E-state index contributed by atoms with van der Waals surface area (Å²) in [5, 5.41) is 8.96. The SMILES string of the molecule is CCCc1nccc(C#N)c1CCC. The first-order chi connectivity index (χ1) is 6.83. The largest absolute Gasteiger partial charge is 0.261 e. The second-order valence-electron chi connectivity index (χ2n) is 3.40. The summed E-state index contributed by atoms with van der Waals surface area (Å²) in [5.41, 5.74) is 3.05. The molecule has 1 aromatic heterocycles. The Morgan fingerprint density at radius 1 is 1.29 bits per heavy atom. The van der Waals surface area contributed by atoms with Crippen molar-refractivity contribution in [1.29, 1.82) is 5.26 Å². The monoisotopic (exact) mass is 188 g/mol. The van der Waals surface area contributed by atoms with Gasteiger partial charge in [-0.1, -0.05) is 26.7 Å². The zero-order valence-corrected chi connectivity index (χ0v) is 8.88. The molecule has 0 aliphatic heterocycles. The maximum atomic E-state index is 8.96. The minimum Gasteiger partial charge on any atom is -0.261 e. The molecule has 0 saturated carbocycles. The number of aryl methyl sites for hydroxylation is 1. The molecule has 0 aromatic carbocycles. The average molecular weight is 188 g/mol. The van der Waals surface area contributed by atoms with E-state index in [0.29, 0.717) is 0 Å². The van der Waals surface area contributed by atoms with Gasteiger partial charge in [0, 0.05) is 11.9 Å². The first-order valence-corrected chi connectivity index (χ1v) is 5.20. The van der Waals surface area contributed by atoms with Gasteiger partial charge in [0.1, 0.15) is 0 Å². The normalized spacial score (nSPS) is 9.79. The standard InChI is InChI=1S/C12H16N2/c1-3-5-11-10(9-13)7-8-14-12(11)6-4-2/h7-8H,3-6H2,1-2H3. The van der Waals surface area contributed by atoms with Crippen molar-refractivity contribution in [3.05, 3.63) is 29.1 Å². The van der Waals surface area contributed by atoms with Crippen molar-refractivity contribution in [3.8, 4) is 6.07 Å². The highest BCUT2D eigenvalue weighted by atomic mass is 14.7. The van der Waals surface area contributed by atoms with Crippen LogP contribution in [0, 0.1) is 11.3 Å². The highest BCUT2D eigenvalue weighted by Gasteiger charge is 2.07. The summed E-state index contributed by atoms with van der Waals surface area (Å²) < 4.78 is 0. The van der Waals surface area contributed by atoms with Gasteiger partial charge in [-0.2, -0.15) is 5.26 Å². The van der Waals surface area contributed by atoms with Gasteiger partial charge in [-0.25, -0.2) is 0 Å². The highest BCUT2D eigenvalue weighted by molar-refractivity contribution is 5.39. The summed E-state index contributed by atoms with van der Waals surface area (Å²) >= 11 is 0. The van der Waals surface area contributed by atoms with Crippen LogP contribution < -0.4 is 0 Å². The van der Waals surface area contributed by atoms with Crippen LogP contribution in [0.15, 0.2) is 12.3 Å². The molecule has 0 unspecified atom stereocenters. The molecule has 0 aliphatic rings. The molecule has 1 aromatic rings. The van der Waals surface area contributed by atoms with E-state index in [-0.39, 0.29) is 0 Å². The van der Waals surface area contributed by atoms with Gasteiger partial charge in [0.25, 0.3) is 0 Å². The second-order valence-corrected chi connectivity index (χ2v) is 3.40. The van der Waals surface area contributed by atoms with Crippen molar-refractivity contribution in [3.63, 3.8) is 0 Å². The molecule has 0 fully saturated rings. The third-order valence-electron chi connectivity index (χ3n) is 2.25. The molecule has 1 heterocycles. The number of pyridine rings is 1. The molecule has 0 aliphatic carbocycles. The van der Waals surface area contributed by atoms with Gasteiger partial charge in [-0.3, -0.25) is 4.98 Å². The van der Waals surface area contributed by atoms with E-state index in [0.717, 1.165) is 42.5 Å². The molecule has 14 heavy (non-hydrogen) atoms. The van der Waals surface area contributed by atoms with Crippen LogP contribution in [-0.2, 0) is 12.8 Å². The Labute approximate surface area is 85.6 Å². The summed E-state index contributed by atoms with van der Waals surface area (Å²) in [6.07, 6.45) is 5.83. The smallest absolute Gasteiger partial charge is 0.0995 e. The Morgan fingerprint density at radius 2 is 2.00 bits per heavy atom. The van der Waals surface area contributed by atoms with Crippen LogP contribution in [0.5, 0.6) is 0 Å². The molecule has 0 bridgehead atoms. The number of aromatic nitrogens is 1. The van der Waals surface area contributed by atoms with Crippen molar-refractivity contribution in [2.24, 2.45) is 0 Å². The lowest BCUT2D eigenvalue weighted by Gasteiger charge is -2.07. The second kappa shape index (κ2) is 5.39. The lowest BCUT2D eigenvalue weighted by molar-refractivity contribution is 0.826. The number of hydrogen-bond acceptors (Lipinski definition) is 2. The third kappa shape index (κ3) is 2.32. The van der Waals surface area contributed by atoms with Gasteiger partial charge in [0.15, 0.2) is 0 Å². The first kappa shape index (κ1) is 10.7. The zero-order valence-electron chi connectivity index (χ0n) is 8.88. The molecule has 0 amide bonds. The van der Waals surface area contributed by atoms with Crippen LogP contribution >= 0.6 is 0 Å². The summed E-state index contributed by atoms with van der Waals surface area (Å²) in [4.78, 5) is 4.34. The van der Waals surface area contributed by atoms with Crippen molar-refractivity contribution in [1.82, 2.24) is 4.98 Å². The summed E-state index contributed by atoms with van der Waals surface area (Å²) in [5.74, 6) is 0. The Balaban J connectivity index is 3.08. The van der Waals surface area contributed by atoms with Gasteiger partial charge < -0.3 is 0 Å². The fourth-order valence-electron chi connectivity index (χ4n) is 1.62. The van der Waals surface area contributed by atoms with Gasteiger partial charge in [-0.15, -0.1) is 0 Å². The first-order valence-electron chi connectivity index (χ1n) is 5.20. The molecule has 0 N–H and O–H groups in total. The van der Waals surface area contributed by atoms with E-state index >= 15 is 0 Å². The summed E-state index contributed by atoms with van der Waals surface area (Å²) in [6, 6.07) is 4.05. The minimum absolute atomic E-state index is 0.797. The Kier molecular flexibility index (Phi) is 4.12. The maximum absolute atomic E-state index is 8.96. The topological polar surface area (TPSA) is 36.7 Å². The number of hydrogen-bond donors (Lipinski definition) is 0. The Bertz CT molecular complexity index is 337. The molecule has 2 nitrogen and oxygen atoms in total. The van der Waals surface area contributed by atoms with Gasteiger partial charge in [0.05, 0.1) is 11.6 Å². The quantitative estimate of drug-likeness (QED) is 0.728. The van der Waals surface area contributed by atoms with E-state index in [9.17, 15) is 0 Å². The number of rotatable bonds is 4. The predicted molar refractivity (Wildman–Crippen MR) is 56.9 cm³/mol. The van der Waals surface area contributed by atoms with Crippen molar-refractivity contribution < 1.29 is 0 Å². The van der Waals surface area contributed by atoms with E-state index in [2.05, 4.69) is 24.9 Å². The van der Waals surface area contributed by atoms with E-state index in [1.54, 1.807) is 6.20 Å². The lowest BCUT2D eigenvalue weighted by atomic mass is 10.0. The minimum atomic E-state index is 0.797. The number of nitriles is 1. The Hall–Kier alpha value is -1.36. The average Bonchev–Trinajstić information content (AvgIpc) is 2.21. The molecule has 0 spiro atoms. The van der Waals surface area contributed by atoms with Crippen LogP contribution in [-0.4, -0.2) is 4.98 Å². The van der Waals surface area contributed by atoms with E-state index in [1.807, 2.05) is 6.07 Å². The molecule has 0 saturated heterocycles. The fourth-order valence-corrected chi connectivity index (χ4v) is 1.62. The predicted octanol–water partition coefficient (Wildman–Crippen LogP) is 2.86. The van der Waals surface area contributed by atoms with E-state index < -0.39 is 0 Å². The van der Waals surface area contributed by atoms with Crippen LogP contribution in [0.3, 0.4) is 0 Å². The van der Waals surface area contributed by atoms with Crippen LogP contribution in [0.1, 0.15) is 43.5 Å². The summed E-state index contributed by atoms with van der Waals surface area (Å²) in [6.45, 7) is 4.26.